The minimum atomic E-state index is -0.0943. The zero-order valence-electron chi connectivity index (χ0n) is 10.7. The number of hydrogen-bond acceptors (Lipinski definition) is 5. The Balaban J connectivity index is 1.74. The highest BCUT2D eigenvalue weighted by Crippen LogP contribution is 2.31. The molecule has 8 heteroatoms. The lowest BCUT2D eigenvalue weighted by molar-refractivity contribution is -0.116. The molecule has 0 N–H and O–H groups in total. The van der Waals surface area contributed by atoms with Gasteiger partial charge in [0.05, 0.1) is 17.1 Å². The van der Waals surface area contributed by atoms with Gasteiger partial charge in [0.15, 0.2) is 5.16 Å². The van der Waals surface area contributed by atoms with Crippen LogP contribution in [0, 0.1) is 0 Å². The molecule has 0 bridgehead atoms. The molecule has 0 aromatic carbocycles. The lowest BCUT2D eigenvalue weighted by Gasteiger charge is -2.13. The van der Waals surface area contributed by atoms with Crippen molar-refractivity contribution in [1.82, 2.24) is 24.5 Å². The maximum absolute atomic E-state index is 12.4. The van der Waals surface area contributed by atoms with Crippen LogP contribution >= 0.6 is 11.8 Å². The van der Waals surface area contributed by atoms with E-state index in [0.717, 1.165) is 23.8 Å². The van der Waals surface area contributed by atoms with Gasteiger partial charge >= 0.3 is 0 Å². The predicted octanol–water partition coefficient (Wildman–Crippen LogP) is 0.446. The second-order valence-electron chi connectivity index (χ2n) is 4.42. The van der Waals surface area contributed by atoms with Crippen LogP contribution < -0.4 is 4.90 Å². The Labute approximate surface area is 114 Å². The molecule has 1 aliphatic heterocycles. The Morgan fingerprint density at radius 1 is 1.37 bits per heavy atom. The molecule has 0 spiro atoms. The molecule has 2 aromatic heterocycles. The van der Waals surface area contributed by atoms with Crippen LogP contribution in [0.15, 0.2) is 23.9 Å². The highest BCUT2D eigenvalue weighted by molar-refractivity contribution is 8.00. The molecule has 1 aliphatic rings. The maximum Gasteiger partial charge on any atom is 0.240 e. The molecule has 2 aromatic rings. The van der Waals surface area contributed by atoms with Gasteiger partial charge in [-0.25, -0.2) is 9.67 Å². The Morgan fingerprint density at radius 3 is 2.84 bits per heavy atom. The van der Waals surface area contributed by atoms with Crippen LogP contribution in [0.5, 0.6) is 0 Å². The van der Waals surface area contributed by atoms with Gasteiger partial charge in [-0.2, -0.15) is 10.2 Å². The largest absolute Gasteiger partial charge is 0.308 e. The third kappa shape index (κ3) is 2.23. The van der Waals surface area contributed by atoms with Crippen LogP contribution in [0.1, 0.15) is 6.42 Å². The van der Waals surface area contributed by atoms with Crippen molar-refractivity contribution >= 4 is 23.4 Å². The summed E-state index contributed by atoms with van der Waals surface area (Å²) < 4.78 is 3.39. The van der Waals surface area contributed by atoms with Gasteiger partial charge in [-0.1, -0.05) is 11.8 Å². The molecule has 0 unspecified atom stereocenters. The van der Waals surface area contributed by atoms with E-state index in [4.69, 9.17) is 0 Å². The van der Waals surface area contributed by atoms with Crippen LogP contribution in [0.2, 0.25) is 0 Å². The van der Waals surface area contributed by atoms with Crippen LogP contribution in [-0.4, -0.2) is 42.2 Å². The summed E-state index contributed by atoms with van der Waals surface area (Å²) in [5.74, 6) is 0.112. The second kappa shape index (κ2) is 4.69. The van der Waals surface area contributed by atoms with Gasteiger partial charge in [0.2, 0.25) is 5.91 Å². The number of amides is 1. The number of aryl methyl sites for hydroxylation is 2. The number of anilines is 1. The lowest BCUT2D eigenvalue weighted by atomic mass is 10.4. The van der Waals surface area contributed by atoms with Gasteiger partial charge in [0.1, 0.15) is 6.33 Å². The third-order valence-corrected chi connectivity index (χ3v) is 4.38. The van der Waals surface area contributed by atoms with E-state index in [-0.39, 0.29) is 11.2 Å². The number of thioether (sulfide) groups is 1. The highest BCUT2D eigenvalue weighted by atomic mass is 32.2. The van der Waals surface area contributed by atoms with Gasteiger partial charge in [0, 0.05) is 26.8 Å². The number of carbonyl (C=O) groups excluding carboxylic acids is 1. The fourth-order valence-electron chi connectivity index (χ4n) is 2.09. The predicted molar refractivity (Wildman–Crippen MR) is 70.8 cm³/mol. The number of aromatic nitrogens is 5. The molecule has 3 heterocycles. The van der Waals surface area contributed by atoms with E-state index in [2.05, 4.69) is 15.2 Å². The molecule has 19 heavy (non-hydrogen) atoms. The summed E-state index contributed by atoms with van der Waals surface area (Å²) in [6.07, 6.45) is 5.88. The Hall–Kier alpha value is -1.83. The monoisotopic (exact) mass is 278 g/mol. The Kier molecular flexibility index (Phi) is 3.02. The van der Waals surface area contributed by atoms with Crippen molar-refractivity contribution in [2.24, 2.45) is 14.1 Å². The van der Waals surface area contributed by atoms with E-state index in [1.54, 1.807) is 20.5 Å². The summed E-state index contributed by atoms with van der Waals surface area (Å²) in [5.41, 5.74) is 0.855. The molecular formula is C11H14N6OS. The third-order valence-electron chi connectivity index (χ3n) is 3.08. The van der Waals surface area contributed by atoms with E-state index < -0.39 is 0 Å². The molecule has 1 amide bonds. The second-order valence-corrected chi connectivity index (χ2v) is 5.59. The summed E-state index contributed by atoms with van der Waals surface area (Å²) >= 11 is 1.47. The van der Waals surface area contributed by atoms with Crippen molar-refractivity contribution in [2.75, 3.05) is 11.4 Å². The SMILES string of the molecule is Cn1cc(N2CC[C@H](Sc3ncnn3C)C2=O)cn1. The van der Waals surface area contributed by atoms with Crippen LogP contribution in [-0.2, 0) is 18.9 Å². The van der Waals surface area contributed by atoms with E-state index in [9.17, 15) is 4.79 Å². The first-order chi connectivity index (χ1) is 9.15. The molecule has 1 saturated heterocycles. The minimum Gasteiger partial charge on any atom is -0.308 e. The standard InChI is InChI=1S/C11H14N6OS/c1-15-6-8(5-13-15)17-4-3-9(10(17)18)19-11-12-7-14-16(11)2/h5-7,9H,3-4H2,1-2H3/t9-/m0/s1. The van der Waals surface area contributed by atoms with Crippen molar-refractivity contribution in [3.63, 3.8) is 0 Å². The van der Waals surface area contributed by atoms with E-state index in [1.165, 1.54) is 18.1 Å². The summed E-state index contributed by atoms with van der Waals surface area (Å²) in [6.45, 7) is 0.722. The van der Waals surface area contributed by atoms with Crippen molar-refractivity contribution < 1.29 is 4.79 Å². The maximum atomic E-state index is 12.4. The average Bonchev–Trinajstić information content (AvgIpc) is 3.05. The van der Waals surface area contributed by atoms with Gasteiger partial charge in [-0.05, 0) is 6.42 Å². The first kappa shape index (κ1) is 12.2. The molecule has 7 nitrogen and oxygen atoms in total. The minimum absolute atomic E-state index is 0.0943. The van der Waals surface area contributed by atoms with E-state index in [0.29, 0.717) is 0 Å². The average molecular weight is 278 g/mol. The van der Waals surface area contributed by atoms with Crippen molar-refractivity contribution in [3.8, 4) is 0 Å². The molecular weight excluding hydrogens is 264 g/mol. The quantitative estimate of drug-likeness (QED) is 0.815. The summed E-state index contributed by atoms with van der Waals surface area (Å²) in [4.78, 5) is 18.3. The van der Waals surface area contributed by atoms with Gasteiger partial charge in [0.25, 0.3) is 0 Å². The summed E-state index contributed by atoms with van der Waals surface area (Å²) in [7, 11) is 3.67. The topological polar surface area (TPSA) is 68.8 Å². The van der Waals surface area contributed by atoms with Crippen LogP contribution in [0.25, 0.3) is 0 Å². The number of rotatable bonds is 3. The molecule has 3 rings (SSSR count). The summed E-state index contributed by atoms with van der Waals surface area (Å²) in [5, 5.41) is 8.79. The fraction of sp³-hybridized carbons (Fsp3) is 0.455. The molecule has 0 radical (unpaired) electrons. The van der Waals surface area contributed by atoms with Gasteiger partial charge in [-0.15, -0.1) is 0 Å². The first-order valence-electron chi connectivity index (χ1n) is 5.96. The van der Waals surface area contributed by atoms with Crippen molar-refractivity contribution in [3.05, 3.63) is 18.7 Å². The molecule has 100 valence electrons. The normalized spacial score (nSPS) is 19.4. The molecule has 1 atom stereocenters. The van der Waals surface area contributed by atoms with Crippen LogP contribution in [0.3, 0.4) is 0 Å². The van der Waals surface area contributed by atoms with Crippen molar-refractivity contribution in [2.45, 2.75) is 16.8 Å². The molecule has 0 aliphatic carbocycles. The van der Waals surface area contributed by atoms with Crippen molar-refractivity contribution in [1.29, 1.82) is 0 Å². The zero-order chi connectivity index (χ0) is 13.4. The van der Waals surface area contributed by atoms with E-state index in [1.807, 2.05) is 20.3 Å². The first-order valence-corrected chi connectivity index (χ1v) is 6.84. The highest BCUT2D eigenvalue weighted by Gasteiger charge is 2.34. The van der Waals surface area contributed by atoms with Gasteiger partial charge in [-0.3, -0.25) is 9.48 Å². The Morgan fingerprint density at radius 2 is 2.21 bits per heavy atom. The van der Waals surface area contributed by atoms with E-state index >= 15 is 0 Å². The molecule has 1 fully saturated rings. The Bertz CT molecular complexity index is 606. The number of hydrogen-bond donors (Lipinski definition) is 0. The van der Waals surface area contributed by atoms with Crippen LogP contribution in [0.4, 0.5) is 5.69 Å². The van der Waals surface area contributed by atoms with Gasteiger partial charge < -0.3 is 4.90 Å². The fourth-order valence-corrected chi connectivity index (χ4v) is 3.10. The number of carbonyl (C=O) groups is 1. The summed E-state index contributed by atoms with van der Waals surface area (Å²) in [6, 6.07) is 0. The molecule has 0 saturated carbocycles. The lowest BCUT2D eigenvalue weighted by Crippen LogP contribution is -2.27. The number of nitrogens with zero attached hydrogens (tertiary/aromatic N) is 6. The smallest absolute Gasteiger partial charge is 0.240 e. The zero-order valence-corrected chi connectivity index (χ0v) is 11.5.